The second kappa shape index (κ2) is 9.50. The standard InChI is InChI=1S/C27H30ClN7O3/c1-15-5-7-16(8-6-15)14-35-22-21(17-3-2-4-18(28)13-17)29-24(25-32-27(36)38-33-25)30-23(22)31-26(35)34-11-9-20-19(34)10-12-37-20/h2-4,13,15-16,19-20H,5-12,14H2,1H3,(H,32,33,36). The van der Waals surface area contributed by atoms with Crippen LogP contribution in [0.1, 0.15) is 45.4 Å². The van der Waals surface area contributed by atoms with Gasteiger partial charge in [0.1, 0.15) is 11.2 Å². The molecule has 0 radical (unpaired) electrons. The number of hydrogen-bond donors (Lipinski definition) is 1. The third kappa shape index (κ3) is 4.19. The van der Waals surface area contributed by atoms with Crippen molar-refractivity contribution in [2.75, 3.05) is 18.1 Å². The summed E-state index contributed by atoms with van der Waals surface area (Å²) in [5.41, 5.74) is 3.00. The lowest BCUT2D eigenvalue weighted by molar-refractivity contribution is 0.113. The minimum absolute atomic E-state index is 0.169. The third-order valence-corrected chi connectivity index (χ3v) is 8.63. The van der Waals surface area contributed by atoms with E-state index < -0.39 is 5.76 Å². The van der Waals surface area contributed by atoms with Gasteiger partial charge >= 0.3 is 5.76 Å². The molecule has 0 spiro atoms. The summed E-state index contributed by atoms with van der Waals surface area (Å²) >= 11 is 6.42. The van der Waals surface area contributed by atoms with Crippen molar-refractivity contribution in [2.24, 2.45) is 11.8 Å². The minimum Gasteiger partial charge on any atom is -0.376 e. The van der Waals surface area contributed by atoms with Crippen LogP contribution in [-0.2, 0) is 11.3 Å². The quantitative estimate of drug-likeness (QED) is 0.391. The van der Waals surface area contributed by atoms with Gasteiger partial charge in [0.15, 0.2) is 5.65 Å². The molecule has 11 heteroatoms. The predicted octanol–water partition coefficient (Wildman–Crippen LogP) is 4.68. The molecule has 2 unspecified atom stereocenters. The number of fused-ring (bicyclic) bond motifs is 2. The number of hydrogen-bond acceptors (Lipinski definition) is 8. The predicted molar refractivity (Wildman–Crippen MR) is 143 cm³/mol. The van der Waals surface area contributed by atoms with Gasteiger partial charge in [-0.2, -0.15) is 4.98 Å². The van der Waals surface area contributed by atoms with Crippen molar-refractivity contribution < 1.29 is 9.26 Å². The van der Waals surface area contributed by atoms with Crippen LogP contribution in [0.25, 0.3) is 34.1 Å². The molecular formula is C27H30ClN7O3. The fourth-order valence-corrected chi connectivity index (χ4v) is 6.60. The first-order valence-electron chi connectivity index (χ1n) is 13.5. The number of rotatable bonds is 5. The summed E-state index contributed by atoms with van der Waals surface area (Å²) in [5.74, 6) is 2.01. The average Bonchev–Trinajstić information content (AvgIpc) is 3.69. The number of imidazole rings is 1. The van der Waals surface area contributed by atoms with E-state index in [1.165, 1.54) is 25.7 Å². The van der Waals surface area contributed by atoms with Crippen LogP contribution in [0, 0.1) is 11.8 Å². The Hall–Kier alpha value is -3.24. The number of halogens is 1. The molecule has 1 N–H and O–H groups in total. The molecule has 0 bridgehead atoms. The Labute approximate surface area is 224 Å². The number of benzene rings is 1. The van der Waals surface area contributed by atoms with Crippen molar-refractivity contribution in [3.8, 4) is 22.9 Å². The van der Waals surface area contributed by atoms with Gasteiger partial charge in [-0.15, -0.1) is 0 Å². The van der Waals surface area contributed by atoms with Crippen molar-refractivity contribution in [2.45, 2.75) is 64.1 Å². The van der Waals surface area contributed by atoms with Crippen LogP contribution < -0.4 is 10.7 Å². The van der Waals surface area contributed by atoms with Crippen LogP contribution in [0.2, 0.25) is 5.02 Å². The molecule has 38 heavy (non-hydrogen) atoms. The third-order valence-electron chi connectivity index (χ3n) is 8.40. The Morgan fingerprint density at radius 3 is 2.76 bits per heavy atom. The molecule has 3 aromatic heterocycles. The van der Waals surface area contributed by atoms with Gasteiger partial charge in [-0.05, 0) is 49.7 Å². The van der Waals surface area contributed by atoms with Crippen LogP contribution >= 0.6 is 11.6 Å². The van der Waals surface area contributed by atoms with Crippen molar-refractivity contribution >= 4 is 28.7 Å². The number of aromatic amines is 1. The molecule has 4 aromatic rings. The fourth-order valence-electron chi connectivity index (χ4n) is 6.41. The van der Waals surface area contributed by atoms with E-state index in [1.807, 2.05) is 24.3 Å². The Morgan fingerprint density at radius 1 is 1.11 bits per heavy atom. The molecule has 0 amide bonds. The van der Waals surface area contributed by atoms with E-state index in [1.54, 1.807) is 0 Å². The second-order valence-electron chi connectivity index (χ2n) is 10.9. The molecule has 198 valence electrons. The first kappa shape index (κ1) is 23.8. The fraction of sp³-hybridized carbons (Fsp3) is 0.519. The lowest BCUT2D eigenvalue weighted by Gasteiger charge is -2.30. The molecule has 3 fully saturated rings. The number of anilines is 1. The molecule has 1 aromatic carbocycles. The average molecular weight is 536 g/mol. The highest BCUT2D eigenvalue weighted by molar-refractivity contribution is 6.30. The topological polar surface area (TPSA) is 115 Å². The van der Waals surface area contributed by atoms with E-state index in [0.29, 0.717) is 28.3 Å². The lowest BCUT2D eigenvalue weighted by atomic mass is 9.83. The Kier molecular flexibility index (Phi) is 5.96. The van der Waals surface area contributed by atoms with Gasteiger partial charge in [0.2, 0.25) is 17.6 Å². The summed E-state index contributed by atoms with van der Waals surface area (Å²) in [4.78, 5) is 31.5. The highest BCUT2D eigenvalue weighted by atomic mass is 35.5. The molecule has 2 aliphatic heterocycles. The highest BCUT2D eigenvalue weighted by Gasteiger charge is 2.41. The molecule has 7 rings (SSSR count). The smallest absolute Gasteiger partial charge is 0.376 e. The minimum atomic E-state index is -0.657. The largest absolute Gasteiger partial charge is 0.439 e. The number of H-pyrrole nitrogens is 1. The monoisotopic (exact) mass is 535 g/mol. The molecule has 1 aliphatic carbocycles. The van der Waals surface area contributed by atoms with E-state index >= 15 is 0 Å². The number of aromatic nitrogens is 6. The first-order chi connectivity index (χ1) is 18.5. The van der Waals surface area contributed by atoms with Gasteiger partial charge in [-0.3, -0.25) is 9.51 Å². The Bertz CT molecular complexity index is 1540. The maximum Gasteiger partial charge on any atom is 0.439 e. The SMILES string of the molecule is CC1CCC(Cn2c(N3CCC4OCCC43)nc3nc(-c4noc(=O)[nH]4)nc(-c4cccc(Cl)c4)c32)CC1. The first-order valence-corrected chi connectivity index (χ1v) is 13.9. The maximum absolute atomic E-state index is 11.7. The number of ether oxygens (including phenoxy) is 1. The summed E-state index contributed by atoms with van der Waals surface area (Å²) < 4.78 is 13.1. The van der Waals surface area contributed by atoms with E-state index in [9.17, 15) is 4.79 Å². The molecule has 2 atom stereocenters. The van der Waals surface area contributed by atoms with Gasteiger partial charge in [-0.1, -0.05) is 48.7 Å². The molecular weight excluding hydrogens is 506 g/mol. The Balaban J connectivity index is 1.44. The van der Waals surface area contributed by atoms with Crippen LogP contribution in [-0.4, -0.2) is 55.0 Å². The normalized spacial score (nSPS) is 25.4. The zero-order chi connectivity index (χ0) is 25.8. The second-order valence-corrected chi connectivity index (χ2v) is 11.4. The molecule has 2 saturated heterocycles. The lowest BCUT2D eigenvalue weighted by Crippen LogP contribution is -2.34. The van der Waals surface area contributed by atoms with Gasteiger partial charge < -0.3 is 14.2 Å². The van der Waals surface area contributed by atoms with E-state index in [0.717, 1.165) is 55.5 Å². The number of nitrogens with one attached hydrogen (secondary N) is 1. The Morgan fingerprint density at radius 2 is 1.97 bits per heavy atom. The zero-order valence-corrected chi connectivity index (χ0v) is 22.0. The molecule has 3 aliphatic rings. The van der Waals surface area contributed by atoms with Crippen molar-refractivity contribution in [3.63, 3.8) is 0 Å². The highest BCUT2D eigenvalue weighted by Crippen LogP contribution is 2.39. The zero-order valence-electron chi connectivity index (χ0n) is 21.3. The summed E-state index contributed by atoms with van der Waals surface area (Å²) in [6, 6.07) is 7.95. The van der Waals surface area contributed by atoms with E-state index in [-0.39, 0.29) is 17.8 Å². The van der Waals surface area contributed by atoms with E-state index in [4.69, 9.17) is 35.8 Å². The van der Waals surface area contributed by atoms with Gasteiger partial charge in [0.05, 0.1) is 12.1 Å². The summed E-state index contributed by atoms with van der Waals surface area (Å²) in [5, 5.41) is 4.45. The molecule has 1 saturated carbocycles. The van der Waals surface area contributed by atoms with Crippen molar-refractivity contribution in [1.82, 2.24) is 29.7 Å². The van der Waals surface area contributed by atoms with Crippen LogP contribution in [0.4, 0.5) is 5.95 Å². The van der Waals surface area contributed by atoms with Gasteiger partial charge in [0.25, 0.3) is 0 Å². The van der Waals surface area contributed by atoms with Gasteiger partial charge in [0, 0.05) is 30.3 Å². The summed E-state index contributed by atoms with van der Waals surface area (Å²) in [6.07, 6.45) is 7.11. The van der Waals surface area contributed by atoms with Crippen LogP contribution in [0.3, 0.4) is 0 Å². The molecule has 5 heterocycles. The van der Waals surface area contributed by atoms with E-state index in [2.05, 4.69) is 26.5 Å². The van der Waals surface area contributed by atoms with Crippen LogP contribution in [0.5, 0.6) is 0 Å². The van der Waals surface area contributed by atoms with Crippen molar-refractivity contribution in [1.29, 1.82) is 0 Å². The summed E-state index contributed by atoms with van der Waals surface area (Å²) in [7, 11) is 0. The summed E-state index contributed by atoms with van der Waals surface area (Å²) in [6.45, 7) is 4.87. The maximum atomic E-state index is 11.7. The van der Waals surface area contributed by atoms with Crippen molar-refractivity contribution in [3.05, 3.63) is 39.8 Å². The molecule has 10 nitrogen and oxygen atoms in total. The van der Waals surface area contributed by atoms with Crippen LogP contribution in [0.15, 0.2) is 33.6 Å². The number of nitrogens with zero attached hydrogens (tertiary/aromatic N) is 6. The van der Waals surface area contributed by atoms with Gasteiger partial charge in [-0.25, -0.2) is 14.8 Å².